The number of hydrogen-bond acceptors (Lipinski definition) is 5. The van der Waals surface area contributed by atoms with Crippen LogP contribution in [0.25, 0.3) is 0 Å². The molecule has 3 rings (SSSR count). The third kappa shape index (κ3) is 3.51. The lowest BCUT2D eigenvalue weighted by Crippen LogP contribution is -2.52. The van der Waals surface area contributed by atoms with Gasteiger partial charge in [-0.15, -0.1) is 0 Å². The van der Waals surface area contributed by atoms with E-state index in [2.05, 4.69) is 17.0 Å². The zero-order valence-electron chi connectivity index (χ0n) is 13.9. The van der Waals surface area contributed by atoms with E-state index in [0.29, 0.717) is 6.61 Å². The third-order valence-electron chi connectivity index (χ3n) is 4.60. The number of hydrogen-bond donors (Lipinski definition) is 0. The van der Waals surface area contributed by atoms with Gasteiger partial charge in [0.1, 0.15) is 12.1 Å². The maximum atomic E-state index is 12.6. The van der Waals surface area contributed by atoms with E-state index in [1.54, 1.807) is 13.0 Å². The van der Waals surface area contributed by atoms with Crippen LogP contribution < -0.4 is 0 Å². The van der Waals surface area contributed by atoms with Crippen LogP contribution in [-0.4, -0.2) is 42.1 Å². The molecule has 2 aliphatic rings. The number of likely N-dealkylation sites (tertiary alicyclic amines) is 1. The first-order valence-electron chi connectivity index (χ1n) is 8.57. The number of piperidine rings is 1. The Labute approximate surface area is 142 Å². The lowest BCUT2D eigenvalue weighted by Gasteiger charge is -2.41. The van der Waals surface area contributed by atoms with E-state index in [9.17, 15) is 9.59 Å². The van der Waals surface area contributed by atoms with Crippen LogP contribution in [-0.2, 0) is 19.1 Å². The highest BCUT2D eigenvalue weighted by Crippen LogP contribution is 2.34. The van der Waals surface area contributed by atoms with Gasteiger partial charge in [-0.1, -0.05) is 36.8 Å². The van der Waals surface area contributed by atoms with Crippen molar-refractivity contribution < 1.29 is 19.1 Å². The molecule has 2 aliphatic heterocycles. The van der Waals surface area contributed by atoms with Gasteiger partial charge in [-0.2, -0.15) is 0 Å². The standard InChI is InChI=1S/C19H23NO4/c1-2-23-19(22)18(16-11-12-17(21)24-16)20-13-7-6-10-15(20)14-8-4-3-5-9-14/h3-5,8-9,11-12,15-16,18H,2,6-7,10,13H2,1H3. The average Bonchev–Trinajstić information content (AvgIpc) is 3.02. The molecule has 3 atom stereocenters. The fourth-order valence-corrected chi connectivity index (χ4v) is 3.56. The summed E-state index contributed by atoms with van der Waals surface area (Å²) >= 11 is 0. The maximum Gasteiger partial charge on any atom is 0.331 e. The van der Waals surface area contributed by atoms with Gasteiger partial charge in [-0.3, -0.25) is 9.69 Å². The Hall–Kier alpha value is -2.14. The Kier molecular flexibility index (Phi) is 5.30. The molecular formula is C19H23NO4. The van der Waals surface area contributed by atoms with Gasteiger partial charge >= 0.3 is 11.9 Å². The number of esters is 2. The molecule has 24 heavy (non-hydrogen) atoms. The molecule has 0 aliphatic carbocycles. The highest BCUT2D eigenvalue weighted by atomic mass is 16.6. The van der Waals surface area contributed by atoms with Crippen LogP contribution in [0.1, 0.15) is 37.8 Å². The fraction of sp³-hybridized carbons (Fsp3) is 0.474. The minimum atomic E-state index is -0.599. The van der Waals surface area contributed by atoms with Crippen molar-refractivity contribution in [2.45, 2.75) is 44.4 Å². The topological polar surface area (TPSA) is 55.8 Å². The molecule has 1 fully saturated rings. The molecule has 5 nitrogen and oxygen atoms in total. The van der Waals surface area contributed by atoms with Crippen molar-refractivity contribution in [2.75, 3.05) is 13.2 Å². The summed E-state index contributed by atoms with van der Waals surface area (Å²) in [6.45, 7) is 2.88. The zero-order valence-corrected chi connectivity index (χ0v) is 13.9. The average molecular weight is 329 g/mol. The SMILES string of the molecule is CCOC(=O)C(C1C=CC(=O)O1)N1CCCCC1c1ccccc1. The van der Waals surface area contributed by atoms with E-state index >= 15 is 0 Å². The van der Waals surface area contributed by atoms with Crippen molar-refractivity contribution in [3.05, 3.63) is 48.0 Å². The van der Waals surface area contributed by atoms with Gasteiger partial charge in [-0.05, 0) is 37.9 Å². The van der Waals surface area contributed by atoms with Crippen LogP contribution >= 0.6 is 0 Å². The summed E-state index contributed by atoms with van der Waals surface area (Å²) in [5.41, 5.74) is 1.18. The molecule has 0 N–H and O–H groups in total. The first-order chi connectivity index (χ1) is 11.7. The highest BCUT2D eigenvalue weighted by molar-refractivity contribution is 5.86. The first kappa shape index (κ1) is 16.7. The molecule has 0 spiro atoms. The van der Waals surface area contributed by atoms with Crippen molar-refractivity contribution in [2.24, 2.45) is 0 Å². The molecule has 0 amide bonds. The maximum absolute atomic E-state index is 12.6. The van der Waals surface area contributed by atoms with E-state index in [0.717, 1.165) is 25.8 Å². The van der Waals surface area contributed by atoms with E-state index < -0.39 is 18.1 Å². The molecule has 1 saturated heterocycles. The number of cyclic esters (lactones) is 1. The minimum Gasteiger partial charge on any atom is -0.465 e. The molecule has 128 valence electrons. The van der Waals surface area contributed by atoms with Gasteiger partial charge in [0.2, 0.25) is 0 Å². The smallest absolute Gasteiger partial charge is 0.331 e. The summed E-state index contributed by atoms with van der Waals surface area (Å²) < 4.78 is 10.6. The summed E-state index contributed by atoms with van der Waals surface area (Å²) in [5.74, 6) is -0.729. The second-order valence-electron chi connectivity index (χ2n) is 6.12. The number of carbonyl (C=O) groups is 2. The molecular weight excluding hydrogens is 306 g/mol. The van der Waals surface area contributed by atoms with Crippen molar-refractivity contribution in [3.63, 3.8) is 0 Å². The summed E-state index contributed by atoms with van der Waals surface area (Å²) in [6.07, 6.45) is 5.58. The van der Waals surface area contributed by atoms with Gasteiger partial charge < -0.3 is 9.47 Å². The monoisotopic (exact) mass is 329 g/mol. The van der Waals surface area contributed by atoms with Crippen LogP contribution in [0.3, 0.4) is 0 Å². The van der Waals surface area contributed by atoms with Crippen molar-refractivity contribution >= 4 is 11.9 Å². The van der Waals surface area contributed by atoms with Crippen molar-refractivity contribution in [3.8, 4) is 0 Å². The van der Waals surface area contributed by atoms with Crippen LogP contribution in [0.4, 0.5) is 0 Å². The Bertz CT molecular complexity index is 613. The van der Waals surface area contributed by atoms with Gasteiger partial charge in [0.25, 0.3) is 0 Å². The summed E-state index contributed by atoms with van der Waals surface area (Å²) in [5, 5.41) is 0. The molecule has 5 heteroatoms. The van der Waals surface area contributed by atoms with Gasteiger partial charge in [0.15, 0.2) is 0 Å². The molecule has 1 aromatic carbocycles. The number of carbonyl (C=O) groups excluding carboxylic acids is 2. The largest absolute Gasteiger partial charge is 0.465 e. The summed E-state index contributed by atoms with van der Waals surface area (Å²) in [7, 11) is 0. The molecule has 2 heterocycles. The Balaban J connectivity index is 1.90. The zero-order chi connectivity index (χ0) is 16.9. The summed E-state index contributed by atoms with van der Waals surface area (Å²) in [6, 6.07) is 9.71. The molecule has 0 bridgehead atoms. The van der Waals surface area contributed by atoms with Crippen LogP contribution in [0.5, 0.6) is 0 Å². The lowest BCUT2D eigenvalue weighted by molar-refractivity contribution is -0.159. The normalized spacial score (nSPS) is 25.3. The first-order valence-corrected chi connectivity index (χ1v) is 8.57. The van der Waals surface area contributed by atoms with Gasteiger partial charge in [0.05, 0.1) is 6.61 Å². The summed E-state index contributed by atoms with van der Waals surface area (Å²) in [4.78, 5) is 26.3. The van der Waals surface area contributed by atoms with E-state index in [-0.39, 0.29) is 12.0 Å². The van der Waals surface area contributed by atoms with Crippen molar-refractivity contribution in [1.82, 2.24) is 4.90 Å². The molecule has 0 aromatic heterocycles. The van der Waals surface area contributed by atoms with Crippen LogP contribution in [0.2, 0.25) is 0 Å². The van der Waals surface area contributed by atoms with E-state index in [1.165, 1.54) is 11.6 Å². The Morgan fingerprint density at radius 2 is 2.12 bits per heavy atom. The lowest BCUT2D eigenvalue weighted by atomic mass is 9.92. The molecule has 0 saturated carbocycles. The second kappa shape index (κ2) is 7.62. The second-order valence-corrected chi connectivity index (χ2v) is 6.12. The number of benzene rings is 1. The predicted molar refractivity (Wildman–Crippen MR) is 89.2 cm³/mol. The highest BCUT2D eigenvalue weighted by Gasteiger charge is 2.42. The third-order valence-corrected chi connectivity index (χ3v) is 4.60. The van der Waals surface area contributed by atoms with Crippen LogP contribution in [0, 0.1) is 0 Å². The number of nitrogens with zero attached hydrogens (tertiary/aromatic N) is 1. The fourth-order valence-electron chi connectivity index (χ4n) is 3.56. The molecule has 3 unspecified atom stereocenters. The predicted octanol–water partition coefficient (Wildman–Crippen LogP) is 2.63. The quantitative estimate of drug-likeness (QED) is 0.777. The van der Waals surface area contributed by atoms with Gasteiger partial charge in [-0.25, -0.2) is 4.79 Å². The Morgan fingerprint density at radius 1 is 1.33 bits per heavy atom. The minimum absolute atomic E-state index is 0.127. The Morgan fingerprint density at radius 3 is 2.79 bits per heavy atom. The van der Waals surface area contributed by atoms with E-state index in [4.69, 9.17) is 9.47 Å². The number of ether oxygens (including phenoxy) is 2. The van der Waals surface area contributed by atoms with Gasteiger partial charge in [0, 0.05) is 12.1 Å². The van der Waals surface area contributed by atoms with Crippen LogP contribution in [0.15, 0.2) is 42.5 Å². The van der Waals surface area contributed by atoms with Crippen molar-refractivity contribution in [1.29, 1.82) is 0 Å². The molecule has 1 aromatic rings. The van der Waals surface area contributed by atoms with E-state index in [1.807, 2.05) is 18.2 Å². The number of rotatable bonds is 5. The molecule has 0 radical (unpaired) electrons.